The molecule has 19 heavy (non-hydrogen) atoms. The van der Waals surface area contributed by atoms with Crippen molar-refractivity contribution in [1.82, 2.24) is 5.32 Å². The quantitative estimate of drug-likeness (QED) is 0.774. The lowest BCUT2D eigenvalue weighted by Gasteiger charge is -2.57. The van der Waals surface area contributed by atoms with Crippen molar-refractivity contribution in [2.75, 3.05) is 6.54 Å². The Kier molecular flexibility index (Phi) is 3.33. The molecule has 4 rings (SSSR count). The van der Waals surface area contributed by atoms with E-state index in [1.165, 1.54) is 44.9 Å². The SMILES string of the molecule is CC(C)=C(C#N)NCCC12CC3CC(CC(C3)C1)C2. The second-order valence-electron chi connectivity index (χ2n) is 7.58. The summed E-state index contributed by atoms with van der Waals surface area (Å²) in [6, 6.07) is 2.28. The highest BCUT2D eigenvalue weighted by Gasteiger charge is 2.50. The van der Waals surface area contributed by atoms with Gasteiger partial charge in [-0.25, -0.2) is 0 Å². The first kappa shape index (κ1) is 13.0. The van der Waals surface area contributed by atoms with E-state index in [4.69, 9.17) is 5.26 Å². The number of hydrogen-bond donors (Lipinski definition) is 1. The molecule has 0 saturated heterocycles. The number of nitriles is 1. The molecule has 0 atom stereocenters. The van der Waals surface area contributed by atoms with Crippen molar-refractivity contribution in [3.8, 4) is 6.07 Å². The van der Waals surface area contributed by atoms with Gasteiger partial charge in [0.2, 0.25) is 0 Å². The van der Waals surface area contributed by atoms with Gasteiger partial charge in [0.25, 0.3) is 0 Å². The molecule has 4 saturated carbocycles. The molecule has 0 unspecified atom stereocenters. The smallest absolute Gasteiger partial charge is 0.117 e. The molecule has 0 aliphatic heterocycles. The van der Waals surface area contributed by atoms with Gasteiger partial charge in [0, 0.05) is 6.54 Å². The molecule has 0 heterocycles. The van der Waals surface area contributed by atoms with E-state index in [2.05, 4.69) is 11.4 Å². The molecular weight excluding hydrogens is 232 g/mol. The highest BCUT2D eigenvalue weighted by atomic mass is 14.9. The van der Waals surface area contributed by atoms with Crippen LogP contribution in [0.1, 0.15) is 58.8 Å². The summed E-state index contributed by atoms with van der Waals surface area (Å²) in [6.07, 6.45) is 10.2. The van der Waals surface area contributed by atoms with Gasteiger partial charge in [-0.2, -0.15) is 5.26 Å². The van der Waals surface area contributed by atoms with Crippen LogP contribution in [0, 0.1) is 34.5 Å². The summed E-state index contributed by atoms with van der Waals surface area (Å²) in [7, 11) is 0. The Balaban J connectivity index is 1.59. The first-order valence-electron chi connectivity index (χ1n) is 7.92. The Bertz CT molecular complexity index is 388. The van der Waals surface area contributed by atoms with Gasteiger partial charge in [0.1, 0.15) is 11.8 Å². The van der Waals surface area contributed by atoms with Crippen molar-refractivity contribution in [2.24, 2.45) is 23.2 Å². The monoisotopic (exact) mass is 258 g/mol. The third-order valence-electron chi connectivity index (χ3n) is 5.73. The van der Waals surface area contributed by atoms with E-state index in [1.54, 1.807) is 0 Å². The van der Waals surface area contributed by atoms with Crippen molar-refractivity contribution in [1.29, 1.82) is 5.26 Å². The molecule has 4 aliphatic rings. The van der Waals surface area contributed by atoms with E-state index < -0.39 is 0 Å². The highest BCUT2D eigenvalue weighted by Crippen LogP contribution is 2.61. The summed E-state index contributed by atoms with van der Waals surface area (Å²) in [5.74, 6) is 3.10. The average Bonchev–Trinajstić information content (AvgIpc) is 2.32. The molecule has 104 valence electrons. The minimum Gasteiger partial charge on any atom is -0.377 e. The minimum absolute atomic E-state index is 0.629. The lowest BCUT2D eigenvalue weighted by Crippen LogP contribution is -2.47. The third kappa shape index (κ3) is 2.53. The summed E-state index contributed by atoms with van der Waals surface area (Å²) < 4.78 is 0. The van der Waals surface area contributed by atoms with E-state index in [9.17, 15) is 0 Å². The van der Waals surface area contributed by atoms with Gasteiger partial charge in [0.05, 0.1) is 0 Å². The predicted octanol–water partition coefficient (Wildman–Crippen LogP) is 4.00. The van der Waals surface area contributed by atoms with Crippen LogP contribution >= 0.6 is 0 Å². The van der Waals surface area contributed by atoms with Gasteiger partial charge in [-0.1, -0.05) is 0 Å². The van der Waals surface area contributed by atoms with Crippen molar-refractivity contribution in [2.45, 2.75) is 58.8 Å². The molecule has 0 amide bonds. The Morgan fingerprint density at radius 2 is 1.63 bits per heavy atom. The number of allylic oxidation sites excluding steroid dienone is 2. The van der Waals surface area contributed by atoms with Crippen molar-refractivity contribution in [3.63, 3.8) is 0 Å². The van der Waals surface area contributed by atoms with E-state index in [0.717, 1.165) is 35.6 Å². The van der Waals surface area contributed by atoms with Crippen LogP contribution in [0.3, 0.4) is 0 Å². The summed E-state index contributed by atoms with van der Waals surface area (Å²) >= 11 is 0. The topological polar surface area (TPSA) is 35.8 Å². The van der Waals surface area contributed by atoms with Gasteiger partial charge in [0.15, 0.2) is 0 Å². The number of nitrogens with zero attached hydrogens (tertiary/aromatic N) is 1. The van der Waals surface area contributed by atoms with Crippen LogP contribution in [0.5, 0.6) is 0 Å². The van der Waals surface area contributed by atoms with E-state index in [1.807, 2.05) is 13.8 Å². The van der Waals surface area contributed by atoms with Crippen molar-refractivity contribution >= 4 is 0 Å². The third-order valence-corrected chi connectivity index (χ3v) is 5.73. The summed E-state index contributed by atoms with van der Waals surface area (Å²) in [5.41, 5.74) is 2.52. The van der Waals surface area contributed by atoms with Crippen LogP contribution in [0.15, 0.2) is 11.3 Å². The summed E-state index contributed by atoms with van der Waals surface area (Å²) in [5, 5.41) is 12.4. The molecule has 2 heteroatoms. The molecule has 2 nitrogen and oxygen atoms in total. The zero-order valence-corrected chi connectivity index (χ0v) is 12.3. The second kappa shape index (κ2) is 4.85. The molecule has 0 aromatic rings. The van der Waals surface area contributed by atoms with Crippen LogP contribution in [-0.4, -0.2) is 6.54 Å². The number of hydrogen-bond acceptors (Lipinski definition) is 2. The first-order chi connectivity index (χ1) is 9.10. The molecular formula is C17H26N2. The summed E-state index contributed by atoms with van der Waals surface area (Å²) in [6.45, 7) is 5.01. The van der Waals surface area contributed by atoms with Gasteiger partial charge in [-0.05, 0) is 87.5 Å². The van der Waals surface area contributed by atoms with Crippen molar-refractivity contribution < 1.29 is 0 Å². The molecule has 4 aliphatic carbocycles. The zero-order valence-electron chi connectivity index (χ0n) is 12.3. The average molecular weight is 258 g/mol. The van der Waals surface area contributed by atoms with Crippen LogP contribution in [0.2, 0.25) is 0 Å². The Morgan fingerprint density at radius 1 is 1.11 bits per heavy atom. The Morgan fingerprint density at radius 3 is 2.05 bits per heavy atom. The number of rotatable bonds is 4. The largest absolute Gasteiger partial charge is 0.377 e. The Hall–Kier alpha value is -0.970. The lowest BCUT2D eigenvalue weighted by molar-refractivity contribution is -0.0564. The fourth-order valence-corrected chi connectivity index (χ4v) is 5.38. The second-order valence-corrected chi connectivity index (χ2v) is 7.58. The molecule has 4 fully saturated rings. The normalized spacial score (nSPS) is 38.9. The van der Waals surface area contributed by atoms with Crippen LogP contribution in [-0.2, 0) is 0 Å². The van der Waals surface area contributed by atoms with E-state index in [-0.39, 0.29) is 0 Å². The fourth-order valence-electron chi connectivity index (χ4n) is 5.38. The van der Waals surface area contributed by atoms with Crippen LogP contribution in [0.4, 0.5) is 0 Å². The molecule has 0 aromatic carbocycles. The number of nitrogens with one attached hydrogen (secondary N) is 1. The maximum atomic E-state index is 9.09. The molecule has 4 bridgehead atoms. The fraction of sp³-hybridized carbons (Fsp3) is 0.824. The van der Waals surface area contributed by atoms with E-state index in [0.29, 0.717) is 5.41 Å². The predicted molar refractivity (Wildman–Crippen MR) is 77.2 cm³/mol. The molecule has 0 radical (unpaired) electrons. The molecule has 0 aromatic heterocycles. The van der Waals surface area contributed by atoms with Gasteiger partial charge in [-0.3, -0.25) is 0 Å². The van der Waals surface area contributed by atoms with E-state index >= 15 is 0 Å². The Labute approximate surface area is 117 Å². The molecule has 0 spiro atoms. The van der Waals surface area contributed by atoms with Gasteiger partial charge < -0.3 is 5.32 Å². The van der Waals surface area contributed by atoms with Gasteiger partial charge in [-0.15, -0.1) is 0 Å². The highest BCUT2D eigenvalue weighted by molar-refractivity contribution is 5.23. The maximum Gasteiger partial charge on any atom is 0.117 e. The zero-order chi connectivity index (χ0) is 13.5. The molecule has 1 N–H and O–H groups in total. The standard InChI is InChI=1S/C17H26N2/c1-12(2)16(11-18)19-4-3-17-8-13-5-14(9-17)7-15(6-13)10-17/h13-15,19H,3-10H2,1-2H3. The first-order valence-corrected chi connectivity index (χ1v) is 7.92. The summed E-state index contributed by atoms with van der Waals surface area (Å²) in [4.78, 5) is 0. The van der Waals surface area contributed by atoms with Crippen LogP contribution in [0.25, 0.3) is 0 Å². The lowest BCUT2D eigenvalue weighted by atomic mass is 9.49. The maximum absolute atomic E-state index is 9.09. The van der Waals surface area contributed by atoms with Gasteiger partial charge >= 0.3 is 0 Å². The van der Waals surface area contributed by atoms with Crippen molar-refractivity contribution in [3.05, 3.63) is 11.3 Å². The van der Waals surface area contributed by atoms with Crippen LogP contribution < -0.4 is 5.32 Å². The minimum atomic E-state index is 0.629.